The molecule has 2 aromatic carbocycles. The quantitative estimate of drug-likeness (QED) is 0.210. The van der Waals surface area contributed by atoms with Crippen LogP contribution in [0.2, 0.25) is 0 Å². The van der Waals surface area contributed by atoms with Crippen molar-refractivity contribution in [3.05, 3.63) is 121 Å². The van der Waals surface area contributed by atoms with Crippen molar-refractivity contribution in [2.75, 3.05) is 4.90 Å². The molecule has 0 radical (unpaired) electrons. The molecule has 0 saturated carbocycles. The largest absolute Gasteiger partial charge is 0.313 e. The van der Waals surface area contributed by atoms with Crippen LogP contribution in [0, 0.1) is 11.9 Å². The van der Waals surface area contributed by atoms with Crippen molar-refractivity contribution in [3.63, 3.8) is 0 Å². The maximum absolute atomic E-state index is 13.7. The van der Waals surface area contributed by atoms with E-state index in [0.717, 1.165) is 34.0 Å². The van der Waals surface area contributed by atoms with E-state index < -0.39 is 0 Å². The third-order valence-corrected chi connectivity index (χ3v) is 4.94. The minimum atomic E-state index is -0.296. The summed E-state index contributed by atoms with van der Waals surface area (Å²) in [5.74, 6) is 0.379. The maximum atomic E-state index is 13.7. The Kier molecular flexibility index (Phi) is 7.01. The number of benzene rings is 2. The monoisotopic (exact) mass is 612 g/mol. The van der Waals surface area contributed by atoms with Crippen molar-refractivity contribution < 1.29 is 25.5 Å². The number of aromatic nitrogens is 3. The van der Waals surface area contributed by atoms with Crippen LogP contribution >= 0.6 is 0 Å². The minimum absolute atomic E-state index is 0. The molecule has 5 rings (SSSR count). The molecule has 33 heavy (non-hydrogen) atoms. The normalized spacial score (nSPS) is 10.3. The first-order chi connectivity index (χ1) is 15.8. The zero-order chi connectivity index (χ0) is 21.8. The Hall–Kier alpha value is -3.69. The number of hydrogen-bond donors (Lipinski definition) is 0. The molecule has 0 aliphatic carbocycles. The summed E-state index contributed by atoms with van der Waals surface area (Å²) in [6.45, 7) is 0. The first kappa shape index (κ1) is 22.5. The van der Waals surface area contributed by atoms with Gasteiger partial charge in [-0.15, -0.1) is 29.8 Å². The third kappa shape index (κ3) is 5.05. The van der Waals surface area contributed by atoms with E-state index >= 15 is 0 Å². The molecule has 0 N–H and O–H groups in total. The number of nitrogens with zero attached hydrogens (tertiary/aromatic N) is 4. The molecule has 0 aliphatic heterocycles. The van der Waals surface area contributed by atoms with Crippen molar-refractivity contribution in [2.45, 2.75) is 0 Å². The van der Waals surface area contributed by atoms with Crippen LogP contribution in [-0.2, 0) is 21.1 Å². The zero-order valence-corrected chi connectivity index (χ0v) is 19.6. The van der Waals surface area contributed by atoms with Gasteiger partial charge in [-0.1, -0.05) is 24.3 Å². The van der Waals surface area contributed by atoms with Gasteiger partial charge in [-0.2, -0.15) is 0 Å². The summed E-state index contributed by atoms with van der Waals surface area (Å²) in [6.07, 6.45) is 3.50. The molecule has 164 valence electrons. The molecule has 0 saturated heterocycles. The van der Waals surface area contributed by atoms with E-state index in [0.29, 0.717) is 5.82 Å². The Bertz CT molecular complexity index is 1250. The number of rotatable bonds is 5. The predicted molar refractivity (Wildman–Crippen MR) is 124 cm³/mol. The Morgan fingerprint density at radius 2 is 1.30 bits per heavy atom. The third-order valence-electron chi connectivity index (χ3n) is 4.94. The molecule has 0 atom stereocenters. The van der Waals surface area contributed by atoms with E-state index in [1.165, 1.54) is 12.1 Å². The van der Waals surface area contributed by atoms with Gasteiger partial charge in [0.15, 0.2) is 0 Å². The second-order valence-electron chi connectivity index (χ2n) is 7.07. The van der Waals surface area contributed by atoms with E-state index in [1.807, 2.05) is 77.7 Å². The van der Waals surface area contributed by atoms with Crippen molar-refractivity contribution in [1.29, 1.82) is 0 Å². The van der Waals surface area contributed by atoms with Gasteiger partial charge in [-0.05, 0) is 66.0 Å². The molecular weight excluding hydrogens is 594 g/mol. The van der Waals surface area contributed by atoms with Gasteiger partial charge in [0.05, 0.1) is 11.4 Å². The number of anilines is 3. The maximum Gasteiger partial charge on any atom is 0.136 e. The molecular formula is C27H18FN4Pt-. The molecule has 0 aliphatic rings. The van der Waals surface area contributed by atoms with Crippen LogP contribution in [0.5, 0.6) is 0 Å². The van der Waals surface area contributed by atoms with Crippen LogP contribution in [0.3, 0.4) is 0 Å². The van der Waals surface area contributed by atoms with Gasteiger partial charge in [0, 0.05) is 39.1 Å². The Morgan fingerprint density at radius 1 is 0.636 bits per heavy atom. The van der Waals surface area contributed by atoms with Crippen LogP contribution in [0.25, 0.3) is 22.6 Å². The van der Waals surface area contributed by atoms with Crippen LogP contribution in [0.4, 0.5) is 21.6 Å². The summed E-state index contributed by atoms with van der Waals surface area (Å²) in [6, 6.07) is 32.9. The molecule has 0 bridgehead atoms. The fourth-order valence-electron chi connectivity index (χ4n) is 3.45. The standard InChI is InChI=1S/C27H18FN4.Pt/c28-21-13-15-22(16-14-21)32(23-8-5-7-20(19-23)24-9-1-3-17-29-24)27-12-6-11-26(31-27)25-10-2-4-18-30-25;/h1-18H;/q-1;. The van der Waals surface area contributed by atoms with Gasteiger partial charge >= 0.3 is 0 Å². The van der Waals surface area contributed by atoms with Crippen molar-refractivity contribution in [2.24, 2.45) is 0 Å². The van der Waals surface area contributed by atoms with E-state index in [2.05, 4.69) is 16.0 Å². The van der Waals surface area contributed by atoms with Crippen LogP contribution < -0.4 is 4.90 Å². The summed E-state index contributed by atoms with van der Waals surface area (Å²) in [5.41, 5.74) is 4.74. The minimum Gasteiger partial charge on any atom is -0.313 e. The van der Waals surface area contributed by atoms with E-state index in [-0.39, 0.29) is 26.9 Å². The summed E-state index contributed by atoms with van der Waals surface area (Å²) < 4.78 is 13.7. The number of halogens is 1. The molecule has 3 heterocycles. The van der Waals surface area contributed by atoms with E-state index in [4.69, 9.17) is 4.98 Å². The average Bonchev–Trinajstić information content (AvgIpc) is 2.87. The zero-order valence-electron chi connectivity index (χ0n) is 17.4. The first-order valence-electron chi connectivity index (χ1n) is 10.2. The summed E-state index contributed by atoms with van der Waals surface area (Å²) in [5, 5.41) is 0. The second kappa shape index (κ2) is 10.3. The predicted octanol–water partition coefficient (Wildman–Crippen LogP) is 6.61. The summed E-state index contributed by atoms with van der Waals surface area (Å²) in [7, 11) is 0. The Morgan fingerprint density at radius 3 is 2.00 bits per heavy atom. The number of pyridine rings is 3. The fourth-order valence-corrected chi connectivity index (χ4v) is 3.45. The SMILES string of the molecule is Fc1ccc(N(c2[c-]c(-c3ccccn3)ccc2)c2cccc(-c3ccccn3)n2)cc1.[Pt]. The van der Waals surface area contributed by atoms with Gasteiger partial charge in [-0.3, -0.25) is 4.98 Å². The smallest absolute Gasteiger partial charge is 0.136 e. The van der Waals surface area contributed by atoms with Gasteiger partial charge in [-0.25, -0.2) is 9.37 Å². The van der Waals surface area contributed by atoms with Crippen LogP contribution in [0.15, 0.2) is 109 Å². The van der Waals surface area contributed by atoms with E-state index in [9.17, 15) is 4.39 Å². The Labute approximate surface area is 206 Å². The van der Waals surface area contributed by atoms with Gasteiger partial charge in [0.1, 0.15) is 11.6 Å². The molecule has 6 heteroatoms. The molecule has 5 aromatic rings. The molecule has 0 unspecified atom stereocenters. The van der Waals surface area contributed by atoms with Crippen molar-refractivity contribution in [1.82, 2.24) is 15.0 Å². The topological polar surface area (TPSA) is 41.9 Å². The van der Waals surface area contributed by atoms with E-state index in [1.54, 1.807) is 24.5 Å². The first-order valence-corrected chi connectivity index (χ1v) is 10.2. The second-order valence-corrected chi connectivity index (χ2v) is 7.07. The van der Waals surface area contributed by atoms with Crippen molar-refractivity contribution in [3.8, 4) is 22.6 Å². The van der Waals surface area contributed by atoms with Crippen LogP contribution in [0.1, 0.15) is 0 Å². The summed E-state index contributed by atoms with van der Waals surface area (Å²) >= 11 is 0. The Balaban J connectivity index is 0.00000259. The van der Waals surface area contributed by atoms with Gasteiger partial charge in [0.2, 0.25) is 0 Å². The van der Waals surface area contributed by atoms with Gasteiger partial charge in [0.25, 0.3) is 0 Å². The van der Waals surface area contributed by atoms with Crippen molar-refractivity contribution >= 4 is 17.2 Å². The molecule has 3 aromatic heterocycles. The van der Waals surface area contributed by atoms with Crippen LogP contribution in [-0.4, -0.2) is 15.0 Å². The molecule has 0 spiro atoms. The molecule has 0 amide bonds. The molecule has 0 fully saturated rings. The average molecular weight is 613 g/mol. The number of hydrogen-bond acceptors (Lipinski definition) is 4. The fraction of sp³-hybridized carbons (Fsp3) is 0. The van der Waals surface area contributed by atoms with Gasteiger partial charge < -0.3 is 9.88 Å². The summed E-state index contributed by atoms with van der Waals surface area (Å²) in [4.78, 5) is 15.6. The molecule has 4 nitrogen and oxygen atoms in total.